The second kappa shape index (κ2) is 14.9. The van der Waals surface area contributed by atoms with Crippen molar-refractivity contribution in [3.05, 3.63) is 101 Å². The first-order chi connectivity index (χ1) is 18.0. The van der Waals surface area contributed by atoms with Crippen LogP contribution in [0.15, 0.2) is 72.8 Å². The maximum absolute atomic E-state index is 13.3. The van der Waals surface area contributed by atoms with Crippen LogP contribution in [-0.2, 0) is 17.6 Å². The van der Waals surface area contributed by atoms with E-state index in [-0.39, 0.29) is 24.1 Å². The zero-order valence-electron chi connectivity index (χ0n) is 21.7. The lowest BCUT2D eigenvalue weighted by atomic mass is 10.0. The molecular weight excluding hydrogens is 467 g/mol. The van der Waals surface area contributed by atoms with Crippen molar-refractivity contribution in [1.29, 1.82) is 0 Å². The van der Waals surface area contributed by atoms with Crippen LogP contribution in [0.5, 0.6) is 0 Å². The van der Waals surface area contributed by atoms with Crippen molar-refractivity contribution >= 4 is 17.5 Å². The van der Waals surface area contributed by atoms with Crippen molar-refractivity contribution in [2.24, 2.45) is 0 Å². The molecule has 3 aromatic carbocycles. The van der Waals surface area contributed by atoms with Crippen molar-refractivity contribution in [3.8, 4) is 0 Å². The van der Waals surface area contributed by atoms with Crippen molar-refractivity contribution < 1.29 is 14.0 Å². The maximum atomic E-state index is 13.3. The monoisotopic (exact) mass is 504 g/mol. The van der Waals surface area contributed by atoms with Gasteiger partial charge >= 0.3 is 0 Å². The summed E-state index contributed by atoms with van der Waals surface area (Å²) in [7, 11) is 0. The number of amides is 2. The third kappa shape index (κ3) is 9.44. The van der Waals surface area contributed by atoms with Gasteiger partial charge in [-0.2, -0.15) is 0 Å². The molecule has 0 spiro atoms. The Kier molecular flexibility index (Phi) is 11.3. The van der Waals surface area contributed by atoms with Crippen molar-refractivity contribution in [1.82, 2.24) is 15.5 Å². The average Bonchev–Trinajstić information content (AvgIpc) is 2.91. The highest BCUT2D eigenvalue weighted by molar-refractivity contribution is 5.94. The Labute approximate surface area is 219 Å². The minimum Gasteiger partial charge on any atom is -0.339 e. The molecule has 3 N–H and O–H groups in total. The van der Waals surface area contributed by atoms with E-state index < -0.39 is 0 Å². The summed E-state index contributed by atoms with van der Waals surface area (Å²) in [6, 6.07) is 21.4. The Morgan fingerprint density at radius 1 is 0.811 bits per heavy atom. The minimum absolute atomic E-state index is 0.0413. The topological polar surface area (TPSA) is 73.5 Å². The third-order valence-corrected chi connectivity index (χ3v) is 6.08. The van der Waals surface area contributed by atoms with Gasteiger partial charge in [0.05, 0.1) is 6.42 Å². The lowest BCUT2D eigenvalue weighted by Gasteiger charge is -2.18. The van der Waals surface area contributed by atoms with Crippen molar-refractivity contribution in [2.75, 3.05) is 44.6 Å². The number of benzene rings is 3. The quantitative estimate of drug-likeness (QED) is 0.429. The van der Waals surface area contributed by atoms with Gasteiger partial charge in [-0.1, -0.05) is 36.4 Å². The van der Waals surface area contributed by atoms with Gasteiger partial charge in [0.25, 0.3) is 5.91 Å². The number of hydrogen-bond donors (Lipinski definition) is 3. The summed E-state index contributed by atoms with van der Waals surface area (Å²) in [5, 5.41) is 9.32. The average molecular weight is 505 g/mol. The largest absolute Gasteiger partial charge is 0.339 e. The molecule has 37 heavy (non-hydrogen) atoms. The summed E-state index contributed by atoms with van der Waals surface area (Å²) in [5.41, 5.74) is 4.15. The van der Waals surface area contributed by atoms with Crippen LogP contribution in [0.2, 0.25) is 0 Å². The van der Waals surface area contributed by atoms with Gasteiger partial charge in [0.15, 0.2) is 0 Å². The zero-order chi connectivity index (χ0) is 26.5. The Morgan fingerprint density at radius 2 is 1.43 bits per heavy atom. The van der Waals surface area contributed by atoms with Crippen LogP contribution in [0.1, 0.15) is 40.9 Å². The van der Waals surface area contributed by atoms with Crippen LogP contribution in [0.25, 0.3) is 0 Å². The standard InChI is InChI=1S/C26H27FN2O2.C4H10N2/c1-3-29(4-2)26(31)22-13-11-19(12-14-22)15-20-8-6-10-24(17-20)28-25(30)18-21-7-5-9-23(27)16-21;1-2-6-4-3-5-1/h5-14,16-17H,3-4,15,18H2,1-2H3,(H,28,30);5-6H,1-4H2. The molecule has 1 heterocycles. The van der Waals surface area contributed by atoms with E-state index in [4.69, 9.17) is 0 Å². The highest BCUT2D eigenvalue weighted by atomic mass is 19.1. The molecule has 0 atom stereocenters. The summed E-state index contributed by atoms with van der Waals surface area (Å²) in [6.07, 6.45) is 0.803. The van der Waals surface area contributed by atoms with Crippen LogP contribution in [0.3, 0.4) is 0 Å². The molecule has 1 saturated heterocycles. The molecule has 7 heteroatoms. The molecule has 3 aromatic rings. The molecule has 0 aromatic heterocycles. The van der Waals surface area contributed by atoms with Gasteiger partial charge < -0.3 is 20.9 Å². The van der Waals surface area contributed by atoms with Gasteiger partial charge in [-0.3, -0.25) is 9.59 Å². The predicted molar refractivity (Wildman–Crippen MR) is 147 cm³/mol. The Bertz CT molecular complexity index is 1130. The molecule has 0 saturated carbocycles. The number of carbonyl (C=O) groups excluding carboxylic acids is 2. The van der Waals surface area contributed by atoms with Crippen molar-refractivity contribution in [2.45, 2.75) is 26.7 Å². The molecule has 1 aliphatic heterocycles. The summed E-state index contributed by atoms with van der Waals surface area (Å²) in [6.45, 7) is 9.88. The first-order valence-electron chi connectivity index (χ1n) is 12.9. The molecule has 2 amide bonds. The van der Waals surface area contributed by atoms with Gasteiger partial charge in [0, 0.05) is 50.5 Å². The summed E-state index contributed by atoms with van der Waals surface area (Å²) >= 11 is 0. The van der Waals surface area contributed by atoms with E-state index in [1.165, 1.54) is 12.1 Å². The summed E-state index contributed by atoms with van der Waals surface area (Å²) < 4.78 is 13.3. The SMILES string of the molecule is C1CNCCN1.CCN(CC)C(=O)c1ccc(Cc2cccc(NC(=O)Cc3cccc(F)c3)c2)cc1. The highest BCUT2D eigenvalue weighted by Gasteiger charge is 2.12. The van der Waals surface area contributed by atoms with Gasteiger partial charge in [-0.05, 0) is 73.4 Å². The number of hydrogen-bond acceptors (Lipinski definition) is 4. The number of nitrogens with one attached hydrogen (secondary N) is 3. The normalized spacial score (nSPS) is 12.7. The first kappa shape index (κ1) is 28.0. The molecule has 4 rings (SSSR count). The molecule has 1 aliphatic rings. The van der Waals surface area contributed by atoms with Crippen LogP contribution in [-0.4, -0.2) is 56.0 Å². The molecule has 0 bridgehead atoms. The molecule has 1 fully saturated rings. The number of piperazine rings is 1. The maximum Gasteiger partial charge on any atom is 0.253 e. The van der Waals surface area contributed by atoms with E-state index in [2.05, 4.69) is 16.0 Å². The van der Waals surface area contributed by atoms with Crippen LogP contribution in [0, 0.1) is 5.82 Å². The minimum atomic E-state index is -0.350. The Morgan fingerprint density at radius 3 is 2.03 bits per heavy atom. The predicted octanol–water partition coefficient (Wildman–Crippen LogP) is 4.26. The number of anilines is 1. The summed E-state index contributed by atoms with van der Waals surface area (Å²) in [5.74, 6) is -0.501. The van der Waals surface area contributed by atoms with Gasteiger partial charge in [0.1, 0.15) is 5.82 Å². The Balaban J connectivity index is 0.000000555. The lowest BCUT2D eigenvalue weighted by molar-refractivity contribution is -0.115. The zero-order valence-corrected chi connectivity index (χ0v) is 21.7. The van der Waals surface area contributed by atoms with Crippen LogP contribution in [0.4, 0.5) is 10.1 Å². The fourth-order valence-electron chi connectivity index (χ4n) is 4.09. The molecule has 0 radical (unpaired) electrons. The van der Waals surface area contributed by atoms with Gasteiger partial charge in [-0.25, -0.2) is 4.39 Å². The van der Waals surface area contributed by atoms with Crippen molar-refractivity contribution in [3.63, 3.8) is 0 Å². The highest BCUT2D eigenvalue weighted by Crippen LogP contribution is 2.17. The molecular formula is C30H37FN4O2. The van der Waals surface area contributed by atoms with E-state index in [0.717, 1.165) is 37.3 Å². The number of rotatable bonds is 8. The van der Waals surface area contributed by atoms with Crippen LogP contribution < -0.4 is 16.0 Å². The smallest absolute Gasteiger partial charge is 0.253 e. The molecule has 196 valence electrons. The van der Waals surface area contributed by atoms with E-state index in [1.54, 1.807) is 17.0 Å². The first-order valence-corrected chi connectivity index (χ1v) is 12.9. The van der Waals surface area contributed by atoms with Crippen LogP contribution >= 0.6 is 0 Å². The van der Waals surface area contributed by atoms with E-state index in [9.17, 15) is 14.0 Å². The van der Waals surface area contributed by atoms with E-state index >= 15 is 0 Å². The van der Waals surface area contributed by atoms with Gasteiger partial charge in [-0.15, -0.1) is 0 Å². The lowest BCUT2D eigenvalue weighted by Crippen LogP contribution is -2.39. The van der Waals surface area contributed by atoms with E-state index in [0.29, 0.717) is 36.3 Å². The molecule has 0 unspecified atom stereocenters. The second-order valence-electron chi connectivity index (χ2n) is 8.91. The number of nitrogens with zero attached hydrogens (tertiary/aromatic N) is 1. The molecule has 0 aliphatic carbocycles. The number of halogens is 1. The second-order valence-corrected chi connectivity index (χ2v) is 8.91. The summed E-state index contributed by atoms with van der Waals surface area (Å²) in [4.78, 5) is 26.5. The fraction of sp³-hybridized carbons (Fsp3) is 0.333. The van der Waals surface area contributed by atoms with Gasteiger partial charge in [0.2, 0.25) is 5.91 Å². The molecule has 6 nitrogen and oxygen atoms in total. The number of carbonyl (C=O) groups is 2. The Hall–Kier alpha value is -3.55. The fourth-order valence-corrected chi connectivity index (χ4v) is 4.09. The van der Waals surface area contributed by atoms with E-state index in [1.807, 2.05) is 62.4 Å². The third-order valence-electron chi connectivity index (χ3n) is 6.08.